The molecule has 0 aliphatic carbocycles. The van der Waals surface area contributed by atoms with E-state index in [-0.39, 0.29) is 0 Å². The quantitative estimate of drug-likeness (QED) is 0.516. The van der Waals surface area contributed by atoms with Gasteiger partial charge < -0.3 is 5.73 Å². The fourth-order valence-corrected chi connectivity index (χ4v) is 0.764. The highest BCUT2D eigenvalue weighted by molar-refractivity contribution is 5.96. The van der Waals surface area contributed by atoms with Crippen molar-refractivity contribution in [3.63, 3.8) is 0 Å². The van der Waals surface area contributed by atoms with Crippen LogP contribution in [0.2, 0.25) is 0 Å². The largest absolute Gasteiger partial charge is 0.351 e. The molecule has 10 heavy (non-hydrogen) atoms. The number of nitrogens with two attached hydrogens (primary N) is 1. The van der Waals surface area contributed by atoms with Crippen molar-refractivity contribution in [2.24, 2.45) is 10.7 Å². The molecule has 1 rings (SSSR count). The zero-order chi connectivity index (χ0) is 7.56. The molecule has 0 atom stereocenters. The summed E-state index contributed by atoms with van der Waals surface area (Å²) in [5, 5.41) is 0. The number of nitrogens with zero attached hydrogens (tertiary/aromatic N) is 2. The number of primary amides is 1. The summed E-state index contributed by atoms with van der Waals surface area (Å²) in [6.07, 6.45) is 3.44. The standard InChI is InChI=1S/C6H9N3O/c1-5-8-3-2-4-9(5)6(7)10/h2-3H,4H2,1H3,(H2,7,10). The normalized spacial score (nSPS) is 16.9. The van der Waals surface area contributed by atoms with Gasteiger partial charge in [0.25, 0.3) is 0 Å². The molecule has 2 N–H and O–H groups in total. The first-order chi connectivity index (χ1) is 4.72. The van der Waals surface area contributed by atoms with Crippen molar-refractivity contribution in [2.75, 3.05) is 6.54 Å². The number of hydrogen-bond acceptors (Lipinski definition) is 2. The van der Waals surface area contributed by atoms with Gasteiger partial charge in [-0.15, -0.1) is 0 Å². The third kappa shape index (κ3) is 1.15. The van der Waals surface area contributed by atoms with Gasteiger partial charge in [0.1, 0.15) is 5.84 Å². The van der Waals surface area contributed by atoms with Gasteiger partial charge in [0.2, 0.25) is 0 Å². The highest BCUT2D eigenvalue weighted by atomic mass is 16.2. The summed E-state index contributed by atoms with van der Waals surface area (Å²) in [5.74, 6) is 0.648. The molecule has 1 aliphatic rings. The van der Waals surface area contributed by atoms with Crippen LogP contribution in [0.1, 0.15) is 6.92 Å². The van der Waals surface area contributed by atoms with Gasteiger partial charge in [0.15, 0.2) is 0 Å². The molecule has 0 saturated heterocycles. The monoisotopic (exact) mass is 139 g/mol. The second-order valence-electron chi connectivity index (χ2n) is 2.01. The molecule has 54 valence electrons. The maximum Gasteiger partial charge on any atom is 0.320 e. The molecular formula is C6H9N3O. The summed E-state index contributed by atoms with van der Waals surface area (Å²) < 4.78 is 0. The Morgan fingerprint density at radius 2 is 2.60 bits per heavy atom. The molecule has 0 saturated carbocycles. The highest BCUT2D eigenvalue weighted by Crippen LogP contribution is 1.98. The van der Waals surface area contributed by atoms with E-state index >= 15 is 0 Å². The number of amides is 2. The Balaban J connectivity index is 2.73. The third-order valence-electron chi connectivity index (χ3n) is 1.31. The molecule has 0 spiro atoms. The van der Waals surface area contributed by atoms with E-state index in [1.165, 1.54) is 4.90 Å². The van der Waals surface area contributed by atoms with Gasteiger partial charge in [-0.2, -0.15) is 0 Å². The van der Waals surface area contributed by atoms with E-state index in [1.807, 2.05) is 0 Å². The van der Waals surface area contributed by atoms with E-state index < -0.39 is 6.03 Å². The van der Waals surface area contributed by atoms with Gasteiger partial charge >= 0.3 is 6.03 Å². The van der Waals surface area contributed by atoms with Gasteiger partial charge in [-0.1, -0.05) is 0 Å². The van der Waals surface area contributed by atoms with Crippen molar-refractivity contribution >= 4 is 11.9 Å². The van der Waals surface area contributed by atoms with Gasteiger partial charge in [-0.05, 0) is 13.0 Å². The Morgan fingerprint density at radius 1 is 1.90 bits per heavy atom. The lowest BCUT2D eigenvalue weighted by Gasteiger charge is -2.19. The second kappa shape index (κ2) is 2.51. The molecule has 0 aromatic heterocycles. The molecule has 1 heterocycles. The lowest BCUT2D eigenvalue weighted by Crippen LogP contribution is -2.40. The van der Waals surface area contributed by atoms with Crippen molar-refractivity contribution in [2.45, 2.75) is 6.92 Å². The van der Waals surface area contributed by atoms with Crippen LogP contribution in [0.25, 0.3) is 0 Å². The maximum atomic E-state index is 10.6. The van der Waals surface area contributed by atoms with Gasteiger partial charge in [-0.3, -0.25) is 4.90 Å². The topological polar surface area (TPSA) is 58.7 Å². The smallest absolute Gasteiger partial charge is 0.320 e. The number of hydrogen-bond donors (Lipinski definition) is 1. The van der Waals surface area contributed by atoms with Crippen LogP contribution in [-0.2, 0) is 0 Å². The van der Waals surface area contributed by atoms with E-state index in [0.717, 1.165) is 0 Å². The van der Waals surface area contributed by atoms with E-state index in [4.69, 9.17) is 5.73 Å². The van der Waals surface area contributed by atoms with Crippen LogP contribution < -0.4 is 5.73 Å². The highest BCUT2D eigenvalue weighted by Gasteiger charge is 2.11. The molecule has 0 aromatic rings. The lowest BCUT2D eigenvalue weighted by atomic mass is 10.4. The lowest BCUT2D eigenvalue weighted by molar-refractivity contribution is 0.232. The number of carbonyl (C=O) groups is 1. The first-order valence-electron chi connectivity index (χ1n) is 2.98. The van der Waals surface area contributed by atoms with E-state index in [9.17, 15) is 4.79 Å². The Kier molecular flexibility index (Phi) is 1.71. The van der Waals surface area contributed by atoms with Gasteiger partial charge in [0, 0.05) is 12.7 Å². The molecule has 0 aromatic carbocycles. The fraction of sp³-hybridized carbons (Fsp3) is 0.333. The molecule has 0 unspecified atom stereocenters. The minimum Gasteiger partial charge on any atom is -0.351 e. The zero-order valence-corrected chi connectivity index (χ0v) is 5.74. The molecule has 4 nitrogen and oxygen atoms in total. The van der Waals surface area contributed by atoms with Gasteiger partial charge in [0.05, 0.1) is 0 Å². The minimum atomic E-state index is -0.453. The van der Waals surface area contributed by atoms with Crippen LogP contribution in [0, 0.1) is 0 Å². The van der Waals surface area contributed by atoms with Crippen LogP contribution in [0.5, 0.6) is 0 Å². The Hall–Kier alpha value is -1.32. The van der Waals surface area contributed by atoms with Crippen LogP contribution in [-0.4, -0.2) is 23.3 Å². The predicted molar refractivity (Wildman–Crippen MR) is 38.5 cm³/mol. The fourth-order valence-electron chi connectivity index (χ4n) is 0.764. The van der Waals surface area contributed by atoms with E-state index in [1.54, 1.807) is 19.2 Å². The molecular weight excluding hydrogens is 130 g/mol. The second-order valence-corrected chi connectivity index (χ2v) is 2.01. The van der Waals surface area contributed by atoms with Crippen molar-refractivity contribution in [3.8, 4) is 0 Å². The summed E-state index contributed by atoms with van der Waals surface area (Å²) in [5.41, 5.74) is 5.03. The van der Waals surface area contributed by atoms with Crippen molar-refractivity contribution in [1.29, 1.82) is 0 Å². The van der Waals surface area contributed by atoms with Crippen molar-refractivity contribution < 1.29 is 4.79 Å². The van der Waals surface area contributed by atoms with E-state index in [2.05, 4.69) is 4.99 Å². The Bertz CT molecular complexity index is 207. The van der Waals surface area contributed by atoms with Crippen LogP contribution in [0.4, 0.5) is 4.79 Å². The first-order valence-corrected chi connectivity index (χ1v) is 2.98. The number of carbonyl (C=O) groups excluding carboxylic acids is 1. The number of amidine groups is 1. The van der Waals surface area contributed by atoms with Crippen LogP contribution in [0.3, 0.4) is 0 Å². The summed E-state index contributed by atoms with van der Waals surface area (Å²) >= 11 is 0. The van der Waals surface area contributed by atoms with E-state index in [0.29, 0.717) is 12.4 Å². The predicted octanol–water partition coefficient (Wildman–Crippen LogP) is 0.313. The maximum absolute atomic E-state index is 10.6. The third-order valence-corrected chi connectivity index (χ3v) is 1.31. The molecule has 1 aliphatic heterocycles. The number of aliphatic imine (C=N–C) groups is 1. The summed E-state index contributed by atoms with van der Waals surface area (Å²) in [6.45, 7) is 2.28. The summed E-state index contributed by atoms with van der Waals surface area (Å²) in [4.78, 5) is 15.9. The SMILES string of the molecule is CC1=NC=CCN1C(N)=O. The van der Waals surface area contributed by atoms with Crippen molar-refractivity contribution in [3.05, 3.63) is 12.3 Å². The zero-order valence-electron chi connectivity index (χ0n) is 5.74. The van der Waals surface area contributed by atoms with Crippen LogP contribution >= 0.6 is 0 Å². The molecule has 0 fully saturated rings. The number of rotatable bonds is 0. The molecule has 0 bridgehead atoms. The Labute approximate surface area is 59.0 Å². The molecule has 4 heteroatoms. The average Bonchev–Trinajstić information content (AvgIpc) is 1.88. The van der Waals surface area contributed by atoms with Gasteiger partial charge in [-0.25, -0.2) is 9.79 Å². The Morgan fingerprint density at radius 3 is 3.00 bits per heavy atom. The van der Waals surface area contributed by atoms with Crippen molar-refractivity contribution in [1.82, 2.24) is 4.90 Å². The first kappa shape index (κ1) is 6.80. The minimum absolute atomic E-state index is 0.453. The molecule has 2 amide bonds. The number of urea groups is 1. The average molecular weight is 139 g/mol. The molecule has 0 radical (unpaired) electrons. The summed E-state index contributed by atoms with van der Waals surface area (Å²) in [6, 6.07) is -0.453. The summed E-state index contributed by atoms with van der Waals surface area (Å²) in [7, 11) is 0. The van der Waals surface area contributed by atoms with Crippen LogP contribution in [0.15, 0.2) is 17.3 Å².